The lowest BCUT2D eigenvalue weighted by Gasteiger charge is -2.03. The minimum Gasteiger partial charge on any atom is -0.493 e. The van der Waals surface area contributed by atoms with Crippen molar-refractivity contribution in [3.63, 3.8) is 0 Å². The van der Waals surface area contributed by atoms with E-state index in [1.165, 1.54) is 12.1 Å². The number of fused-ring (bicyclic) bond motifs is 1. The summed E-state index contributed by atoms with van der Waals surface area (Å²) < 4.78 is 14.7. The molecule has 0 fully saturated rings. The number of hydrogen-bond acceptors (Lipinski definition) is 3. The smallest absolute Gasteiger partial charge is 0.220 e. The van der Waals surface area contributed by atoms with Crippen LogP contribution in [-0.2, 0) is 6.54 Å². The number of nitrogens with one attached hydrogen (secondary N) is 1. The number of nitrogens with zero attached hydrogens (tertiary/aromatic N) is 2. The molecule has 0 bridgehead atoms. The third-order valence-electron chi connectivity index (χ3n) is 2.53. The molecule has 0 spiro atoms. The van der Waals surface area contributed by atoms with Gasteiger partial charge >= 0.3 is 0 Å². The normalized spacial score (nSPS) is 10.9. The minimum absolute atomic E-state index is 0.0718. The fourth-order valence-electron chi connectivity index (χ4n) is 1.86. The molecule has 1 heterocycles. The number of aromatic nitrogens is 1. The Bertz CT molecular complexity index is 548. The van der Waals surface area contributed by atoms with Gasteiger partial charge in [-0.3, -0.25) is 0 Å². The van der Waals surface area contributed by atoms with E-state index in [4.69, 9.17) is 5.53 Å². The van der Waals surface area contributed by atoms with Gasteiger partial charge < -0.3 is 9.67 Å². The number of aromatic hydroxyl groups is 1. The third kappa shape index (κ3) is 1.44. The Balaban J connectivity index is 2.80. The number of benzene rings is 1. The summed E-state index contributed by atoms with van der Waals surface area (Å²) in [5, 5.41) is 13.6. The summed E-state index contributed by atoms with van der Waals surface area (Å²) in [5.41, 5.74) is 7.84. The van der Waals surface area contributed by atoms with E-state index in [1.807, 2.05) is 6.92 Å². The van der Waals surface area contributed by atoms with E-state index in [1.54, 1.807) is 10.6 Å². The molecule has 0 aliphatic carbocycles. The van der Waals surface area contributed by atoms with Gasteiger partial charge in [-0.2, -0.15) is 5.11 Å². The molecule has 0 saturated heterocycles. The third-order valence-corrected chi connectivity index (χ3v) is 2.53. The maximum absolute atomic E-state index is 13.1. The van der Waals surface area contributed by atoms with E-state index >= 15 is 0 Å². The Morgan fingerprint density at radius 1 is 1.50 bits per heavy atom. The van der Waals surface area contributed by atoms with Crippen LogP contribution in [0, 0.1) is 11.3 Å². The van der Waals surface area contributed by atoms with Crippen LogP contribution >= 0.6 is 0 Å². The standard InChI is InChI=1S/C11H12FN3O/c1-2-5-15-9-4-3-7(12)6-8(9)10(14-13)11(15)16/h3-4,6,13,16H,2,5H2,1H3. The van der Waals surface area contributed by atoms with E-state index in [0.29, 0.717) is 17.4 Å². The molecule has 0 saturated carbocycles. The van der Waals surface area contributed by atoms with Gasteiger partial charge in [0.1, 0.15) is 5.82 Å². The van der Waals surface area contributed by atoms with Gasteiger partial charge in [0, 0.05) is 11.9 Å². The molecule has 0 aliphatic rings. The Kier molecular flexibility index (Phi) is 2.60. The van der Waals surface area contributed by atoms with Gasteiger partial charge in [-0.15, -0.1) is 0 Å². The molecule has 16 heavy (non-hydrogen) atoms. The zero-order chi connectivity index (χ0) is 11.7. The lowest BCUT2D eigenvalue weighted by molar-refractivity contribution is 0.421. The van der Waals surface area contributed by atoms with Crippen molar-refractivity contribution in [2.24, 2.45) is 5.11 Å². The van der Waals surface area contributed by atoms with Gasteiger partial charge in [-0.05, 0) is 24.6 Å². The zero-order valence-electron chi connectivity index (χ0n) is 8.87. The van der Waals surface area contributed by atoms with Crippen LogP contribution in [0.5, 0.6) is 5.88 Å². The van der Waals surface area contributed by atoms with E-state index in [-0.39, 0.29) is 11.6 Å². The first kappa shape index (κ1) is 10.6. The second kappa shape index (κ2) is 3.92. The van der Waals surface area contributed by atoms with E-state index in [9.17, 15) is 9.50 Å². The number of aryl methyl sites for hydroxylation is 1. The van der Waals surface area contributed by atoms with Gasteiger partial charge in [0.2, 0.25) is 5.88 Å². The summed E-state index contributed by atoms with van der Waals surface area (Å²) in [5.74, 6) is -0.469. The van der Waals surface area contributed by atoms with Crippen molar-refractivity contribution in [1.82, 2.24) is 4.57 Å². The number of hydrogen-bond donors (Lipinski definition) is 2. The fraction of sp³-hybridized carbons (Fsp3) is 0.273. The van der Waals surface area contributed by atoms with Gasteiger partial charge in [0.25, 0.3) is 0 Å². The Labute approximate surface area is 91.8 Å². The highest BCUT2D eigenvalue weighted by Gasteiger charge is 2.16. The summed E-state index contributed by atoms with van der Waals surface area (Å²) in [6.45, 7) is 2.59. The number of rotatable bonds is 3. The average Bonchev–Trinajstić information content (AvgIpc) is 2.52. The highest BCUT2D eigenvalue weighted by molar-refractivity contribution is 5.94. The first-order chi connectivity index (χ1) is 7.69. The molecular weight excluding hydrogens is 209 g/mol. The molecule has 0 unspecified atom stereocenters. The molecule has 4 nitrogen and oxygen atoms in total. The molecule has 5 heteroatoms. The summed E-state index contributed by atoms with van der Waals surface area (Å²) in [7, 11) is 0. The van der Waals surface area contributed by atoms with Crippen LogP contribution in [0.1, 0.15) is 13.3 Å². The maximum Gasteiger partial charge on any atom is 0.220 e. The SMILES string of the molecule is CCCn1c(O)c(N=N)c2cc(F)ccc21. The van der Waals surface area contributed by atoms with Crippen molar-refractivity contribution < 1.29 is 9.50 Å². The van der Waals surface area contributed by atoms with Crippen LogP contribution in [-0.4, -0.2) is 9.67 Å². The number of halogens is 1. The highest BCUT2D eigenvalue weighted by atomic mass is 19.1. The van der Waals surface area contributed by atoms with Gasteiger partial charge in [0.15, 0.2) is 5.69 Å². The van der Waals surface area contributed by atoms with Crippen molar-refractivity contribution in [3.05, 3.63) is 24.0 Å². The molecule has 2 rings (SSSR count). The molecule has 2 N–H and O–H groups in total. The maximum atomic E-state index is 13.1. The largest absolute Gasteiger partial charge is 0.493 e. The quantitative estimate of drug-likeness (QED) is 0.765. The second-order valence-electron chi connectivity index (χ2n) is 3.60. The second-order valence-corrected chi connectivity index (χ2v) is 3.60. The van der Waals surface area contributed by atoms with Crippen molar-refractivity contribution in [3.8, 4) is 5.88 Å². The molecule has 0 aliphatic heterocycles. The summed E-state index contributed by atoms with van der Waals surface area (Å²) in [4.78, 5) is 0. The summed E-state index contributed by atoms with van der Waals surface area (Å²) in [6, 6.07) is 4.21. The Morgan fingerprint density at radius 2 is 2.25 bits per heavy atom. The molecule has 0 atom stereocenters. The molecule has 84 valence electrons. The zero-order valence-corrected chi connectivity index (χ0v) is 8.87. The predicted octanol–water partition coefficient (Wildman–Crippen LogP) is 3.56. The van der Waals surface area contributed by atoms with Gasteiger partial charge in [-0.1, -0.05) is 6.92 Å². The van der Waals surface area contributed by atoms with Crippen LogP contribution in [0.4, 0.5) is 10.1 Å². The molecular formula is C11H12FN3O. The lowest BCUT2D eigenvalue weighted by Crippen LogP contribution is -1.95. The molecule has 0 radical (unpaired) electrons. The van der Waals surface area contributed by atoms with Crippen molar-refractivity contribution >= 4 is 16.6 Å². The Hall–Kier alpha value is -1.91. The summed E-state index contributed by atoms with van der Waals surface area (Å²) >= 11 is 0. The van der Waals surface area contributed by atoms with Crippen molar-refractivity contribution in [2.45, 2.75) is 19.9 Å². The predicted molar refractivity (Wildman–Crippen MR) is 58.7 cm³/mol. The van der Waals surface area contributed by atoms with Gasteiger partial charge in [0.05, 0.1) is 5.52 Å². The first-order valence-electron chi connectivity index (χ1n) is 5.07. The van der Waals surface area contributed by atoms with Crippen LogP contribution in [0.2, 0.25) is 0 Å². The van der Waals surface area contributed by atoms with E-state index < -0.39 is 5.82 Å². The lowest BCUT2D eigenvalue weighted by atomic mass is 10.2. The molecule has 1 aromatic carbocycles. The minimum atomic E-state index is -0.397. The van der Waals surface area contributed by atoms with E-state index in [2.05, 4.69) is 5.11 Å². The van der Waals surface area contributed by atoms with Gasteiger partial charge in [-0.25, -0.2) is 9.92 Å². The summed E-state index contributed by atoms with van der Waals surface area (Å²) in [6.07, 6.45) is 0.839. The van der Waals surface area contributed by atoms with E-state index in [0.717, 1.165) is 6.42 Å². The topological polar surface area (TPSA) is 61.4 Å². The van der Waals surface area contributed by atoms with Crippen LogP contribution < -0.4 is 0 Å². The molecule has 2 aromatic rings. The van der Waals surface area contributed by atoms with Crippen LogP contribution in [0.15, 0.2) is 23.3 Å². The highest BCUT2D eigenvalue weighted by Crippen LogP contribution is 2.38. The van der Waals surface area contributed by atoms with Crippen LogP contribution in [0.3, 0.4) is 0 Å². The Morgan fingerprint density at radius 3 is 2.88 bits per heavy atom. The van der Waals surface area contributed by atoms with Crippen LogP contribution in [0.25, 0.3) is 10.9 Å². The van der Waals surface area contributed by atoms with Crippen molar-refractivity contribution in [2.75, 3.05) is 0 Å². The average molecular weight is 221 g/mol. The van der Waals surface area contributed by atoms with Crippen molar-refractivity contribution in [1.29, 1.82) is 5.53 Å². The monoisotopic (exact) mass is 221 g/mol. The fourth-order valence-corrected chi connectivity index (χ4v) is 1.86. The first-order valence-corrected chi connectivity index (χ1v) is 5.07. The molecule has 0 amide bonds. The molecule has 1 aromatic heterocycles.